The fourth-order valence-corrected chi connectivity index (χ4v) is 1.39. The number of cyclic esters (lactones) is 1. The minimum atomic E-state index is -4.51. The first-order chi connectivity index (χ1) is 7.76. The predicted molar refractivity (Wildman–Crippen MR) is 50.6 cm³/mol. The third-order valence-electron chi connectivity index (χ3n) is 1.84. The molecule has 1 rings (SSSR count). The second-order valence-electron chi connectivity index (χ2n) is 3.23. The van der Waals surface area contributed by atoms with Crippen LogP contribution in [0.25, 0.3) is 0 Å². The number of carbonyl (C=O) groups is 1. The molecule has 0 radical (unpaired) electrons. The first-order valence-corrected chi connectivity index (χ1v) is 6.16. The number of hydrogen-bond donors (Lipinski definition) is 5. The highest BCUT2D eigenvalue weighted by Gasteiger charge is 2.40. The van der Waals surface area contributed by atoms with E-state index < -0.39 is 50.2 Å². The molecule has 0 amide bonds. The molecular formula is C7H11O9P. The molecule has 2 atom stereocenters. The van der Waals surface area contributed by atoms with E-state index in [2.05, 4.69) is 9.47 Å². The number of carbonyl (C=O) groups excluding carboxylic acids is 1. The SMILES string of the molecule is O=C1O[C@H]([C@H](O)CO)C(O)=C1OCP(=O)(O)O. The summed E-state index contributed by atoms with van der Waals surface area (Å²) in [5, 5.41) is 27.2. The van der Waals surface area contributed by atoms with Gasteiger partial charge in [-0.3, -0.25) is 4.57 Å². The number of aliphatic hydroxyl groups is 3. The van der Waals surface area contributed by atoms with Crippen molar-refractivity contribution in [2.75, 3.05) is 13.0 Å². The van der Waals surface area contributed by atoms with Crippen LogP contribution in [0.2, 0.25) is 0 Å². The number of rotatable bonds is 5. The molecule has 0 spiro atoms. The molecule has 1 heterocycles. The Hall–Kier alpha value is -1.12. The highest BCUT2D eigenvalue weighted by atomic mass is 31.2. The zero-order valence-electron chi connectivity index (χ0n) is 8.39. The summed E-state index contributed by atoms with van der Waals surface area (Å²) in [5.74, 6) is -2.77. The fraction of sp³-hybridized carbons (Fsp3) is 0.571. The average molecular weight is 270 g/mol. The Kier molecular flexibility index (Phi) is 4.12. The van der Waals surface area contributed by atoms with E-state index in [0.29, 0.717) is 0 Å². The molecule has 0 saturated heterocycles. The molecule has 0 aliphatic carbocycles. The molecule has 98 valence electrons. The van der Waals surface area contributed by atoms with E-state index in [4.69, 9.17) is 20.0 Å². The highest BCUT2D eigenvalue weighted by Crippen LogP contribution is 2.36. The largest absolute Gasteiger partial charge is 0.505 e. The molecule has 0 saturated carbocycles. The standard InChI is InChI=1S/C7H11O9P/c8-1-3(9)5-4(10)6(7(11)16-5)15-2-17(12,13)14/h3,5,8-10H,1-2H2,(H2,12,13,14)/t3-,5-/m1/s1. The summed E-state index contributed by atoms with van der Waals surface area (Å²) in [7, 11) is -4.51. The maximum absolute atomic E-state index is 11.1. The van der Waals surface area contributed by atoms with Crippen molar-refractivity contribution in [3.63, 3.8) is 0 Å². The molecule has 17 heavy (non-hydrogen) atoms. The van der Waals surface area contributed by atoms with Crippen LogP contribution in [-0.4, -0.2) is 56.2 Å². The summed E-state index contributed by atoms with van der Waals surface area (Å²) in [6, 6.07) is 0. The summed E-state index contributed by atoms with van der Waals surface area (Å²) >= 11 is 0. The van der Waals surface area contributed by atoms with Crippen molar-refractivity contribution >= 4 is 13.6 Å². The lowest BCUT2D eigenvalue weighted by molar-refractivity contribution is -0.148. The van der Waals surface area contributed by atoms with E-state index in [9.17, 15) is 14.5 Å². The van der Waals surface area contributed by atoms with E-state index in [1.54, 1.807) is 0 Å². The minimum Gasteiger partial charge on any atom is -0.505 e. The Morgan fingerprint density at radius 1 is 1.47 bits per heavy atom. The monoisotopic (exact) mass is 270 g/mol. The van der Waals surface area contributed by atoms with Crippen molar-refractivity contribution in [2.24, 2.45) is 0 Å². The van der Waals surface area contributed by atoms with Gasteiger partial charge in [-0.15, -0.1) is 0 Å². The molecule has 0 bridgehead atoms. The van der Waals surface area contributed by atoms with Crippen LogP contribution < -0.4 is 0 Å². The Labute approximate surface area is 95.1 Å². The van der Waals surface area contributed by atoms with Gasteiger partial charge >= 0.3 is 13.6 Å². The lowest BCUT2D eigenvalue weighted by Gasteiger charge is -2.13. The first kappa shape index (κ1) is 13.9. The molecule has 1 aliphatic heterocycles. The number of aliphatic hydroxyl groups excluding tert-OH is 3. The second-order valence-corrected chi connectivity index (χ2v) is 4.82. The van der Waals surface area contributed by atoms with Crippen LogP contribution in [0.15, 0.2) is 11.5 Å². The molecule has 0 fully saturated rings. The lowest BCUT2D eigenvalue weighted by Crippen LogP contribution is -2.31. The molecule has 0 aromatic rings. The van der Waals surface area contributed by atoms with Crippen molar-refractivity contribution in [1.82, 2.24) is 0 Å². The molecule has 0 aromatic carbocycles. The topological polar surface area (TPSA) is 154 Å². The maximum atomic E-state index is 11.1. The van der Waals surface area contributed by atoms with Crippen LogP contribution in [0, 0.1) is 0 Å². The normalized spacial score (nSPS) is 22.6. The molecule has 0 unspecified atom stereocenters. The Morgan fingerprint density at radius 2 is 2.06 bits per heavy atom. The van der Waals surface area contributed by atoms with Crippen molar-refractivity contribution in [3.05, 3.63) is 11.5 Å². The van der Waals surface area contributed by atoms with Gasteiger partial charge in [0.2, 0.25) is 5.76 Å². The smallest absolute Gasteiger partial charge is 0.378 e. The first-order valence-electron chi connectivity index (χ1n) is 4.36. The fourth-order valence-electron chi connectivity index (χ4n) is 1.10. The van der Waals surface area contributed by atoms with Gasteiger partial charge in [0, 0.05) is 0 Å². The average Bonchev–Trinajstić information content (AvgIpc) is 2.49. The van der Waals surface area contributed by atoms with Gasteiger partial charge in [-0.25, -0.2) is 4.79 Å². The molecule has 5 N–H and O–H groups in total. The Balaban J connectivity index is 2.79. The van der Waals surface area contributed by atoms with E-state index in [-0.39, 0.29) is 0 Å². The summed E-state index contributed by atoms with van der Waals surface area (Å²) in [6.45, 7) is -0.770. The summed E-state index contributed by atoms with van der Waals surface area (Å²) in [6.07, 6.45) is -4.15. The molecular weight excluding hydrogens is 259 g/mol. The van der Waals surface area contributed by atoms with Crippen LogP contribution >= 0.6 is 7.60 Å². The molecule has 1 aliphatic rings. The van der Waals surface area contributed by atoms with E-state index in [1.165, 1.54) is 0 Å². The Bertz CT molecular complexity index is 383. The Morgan fingerprint density at radius 3 is 2.53 bits per heavy atom. The zero-order valence-corrected chi connectivity index (χ0v) is 9.28. The van der Waals surface area contributed by atoms with Crippen molar-refractivity contribution in [2.45, 2.75) is 12.2 Å². The van der Waals surface area contributed by atoms with Crippen molar-refractivity contribution in [1.29, 1.82) is 0 Å². The van der Waals surface area contributed by atoms with Gasteiger partial charge in [0.1, 0.15) is 6.10 Å². The van der Waals surface area contributed by atoms with Crippen LogP contribution in [0.3, 0.4) is 0 Å². The van der Waals surface area contributed by atoms with E-state index >= 15 is 0 Å². The van der Waals surface area contributed by atoms with Gasteiger partial charge in [-0.2, -0.15) is 0 Å². The van der Waals surface area contributed by atoms with Crippen LogP contribution in [-0.2, 0) is 18.8 Å². The lowest BCUT2D eigenvalue weighted by atomic mass is 10.2. The minimum absolute atomic E-state index is 0.770. The van der Waals surface area contributed by atoms with Crippen molar-refractivity contribution in [3.8, 4) is 0 Å². The van der Waals surface area contributed by atoms with Gasteiger partial charge in [-0.05, 0) is 0 Å². The van der Waals surface area contributed by atoms with E-state index in [1.807, 2.05) is 0 Å². The van der Waals surface area contributed by atoms with Gasteiger partial charge in [0.15, 0.2) is 18.2 Å². The van der Waals surface area contributed by atoms with Crippen LogP contribution in [0.4, 0.5) is 0 Å². The van der Waals surface area contributed by atoms with Gasteiger partial charge in [0.25, 0.3) is 0 Å². The summed E-state index contributed by atoms with van der Waals surface area (Å²) in [4.78, 5) is 28.1. The second kappa shape index (κ2) is 5.03. The molecule has 9 nitrogen and oxygen atoms in total. The predicted octanol–water partition coefficient (Wildman–Crippen LogP) is -1.81. The third kappa shape index (κ3) is 3.42. The molecule has 10 heteroatoms. The number of ether oxygens (including phenoxy) is 2. The number of hydrogen-bond acceptors (Lipinski definition) is 7. The third-order valence-corrected chi connectivity index (χ3v) is 2.30. The maximum Gasteiger partial charge on any atom is 0.378 e. The van der Waals surface area contributed by atoms with Crippen LogP contribution in [0.5, 0.6) is 0 Å². The van der Waals surface area contributed by atoms with Gasteiger partial charge in [0.05, 0.1) is 6.61 Å². The highest BCUT2D eigenvalue weighted by molar-refractivity contribution is 7.51. The zero-order chi connectivity index (χ0) is 13.2. The number of esters is 1. The summed E-state index contributed by atoms with van der Waals surface area (Å²) < 4.78 is 19.4. The summed E-state index contributed by atoms with van der Waals surface area (Å²) in [5.41, 5.74) is 0. The van der Waals surface area contributed by atoms with E-state index in [0.717, 1.165) is 0 Å². The quantitative estimate of drug-likeness (QED) is 0.287. The molecule has 0 aromatic heterocycles. The van der Waals surface area contributed by atoms with Gasteiger partial charge < -0.3 is 34.6 Å². The van der Waals surface area contributed by atoms with Gasteiger partial charge in [-0.1, -0.05) is 0 Å². The van der Waals surface area contributed by atoms with Crippen LogP contribution in [0.1, 0.15) is 0 Å². The van der Waals surface area contributed by atoms with Crippen molar-refractivity contribution < 1.29 is 43.9 Å².